The minimum absolute atomic E-state index is 0. The molecule has 1 aromatic carbocycles. The molecule has 0 amide bonds. The molecule has 1 aromatic rings. The summed E-state index contributed by atoms with van der Waals surface area (Å²) in [7, 11) is 0. The van der Waals surface area contributed by atoms with Gasteiger partial charge in [0.05, 0.1) is 0 Å². The van der Waals surface area contributed by atoms with Crippen LogP contribution in [0.1, 0.15) is 121 Å². The highest BCUT2D eigenvalue weighted by Crippen LogP contribution is 2.44. The molecule has 0 fully saturated rings. The number of aromatic hydroxyl groups is 1. The van der Waals surface area contributed by atoms with Crippen molar-refractivity contribution in [2.24, 2.45) is 17.8 Å². The number of phenols is 1. The predicted molar refractivity (Wildman–Crippen MR) is 139 cm³/mol. The zero-order valence-electron chi connectivity index (χ0n) is 22.4. The molecular weight excluding hydrogens is 392 g/mol. The molecule has 1 heterocycles. The van der Waals surface area contributed by atoms with Gasteiger partial charge in [-0.2, -0.15) is 0 Å². The van der Waals surface area contributed by atoms with Gasteiger partial charge in [0.25, 0.3) is 0 Å². The summed E-state index contributed by atoms with van der Waals surface area (Å²) >= 11 is 0. The van der Waals surface area contributed by atoms with Crippen molar-refractivity contribution < 1.29 is 9.84 Å². The average molecular weight is 444 g/mol. The van der Waals surface area contributed by atoms with Crippen LogP contribution in [0.2, 0.25) is 0 Å². The molecule has 0 aliphatic carbocycles. The van der Waals surface area contributed by atoms with Crippen molar-refractivity contribution in [3.8, 4) is 11.5 Å². The van der Waals surface area contributed by atoms with Gasteiger partial charge >= 0.3 is 0 Å². The highest BCUT2D eigenvalue weighted by atomic mass is 16.5. The summed E-state index contributed by atoms with van der Waals surface area (Å²) in [6.07, 6.45) is 14.1. The maximum Gasteiger partial charge on any atom is 0.127 e. The monoisotopic (exact) mass is 443 g/mol. The lowest BCUT2D eigenvalue weighted by molar-refractivity contribution is 0.0512. The minimum Gasteiger partial charge on any atom is -0.507 e. The largest absolute Gasteiger partial charge is 0.507 e. The molecule has 0 spiro atoms. The zero-order valence-corrected chi connectivity index (χ0v) is 22.4. The number of hydrogen-bond acceptors (Lipinski definition) is 2. The molecule has 0 bridgehead atoms. The SMILES string of the molecule is Cc1c(C)c2c(c(C)c1O)CC[C@@](C)(CCC[C@H](C)CCC[C@H](C)CCCC(C)C)O2.[CH]. The number of rotatable bonds is 12. The van der Waals surface area contributed by atoms with Crippen LogP contribution in [0.3, 0.4) is 0 Å². The molecule has 2 heteroatoms. The van der Waals surface area contributed by atoms with Crippen molar-refractivity contribution in [2.45, 2.75) is 132 Å². The summed E-state index contributed by atoms with van der Waals surface area (Å²) < 4.78 is 6.60. The Bertz CT molecular complexity index is 706. The zero-order chi connectivity index (χ0) is 23.2. The van der Waals surface area contributed by atoms with E-state index in [4.69, 9.17) is 4.74 Å². The van der Waals surface area contributed by atoms with Gasteiger partial charge in [0, 0.05) is 5.56 Å². The number of fused-ring (bicyclic) bond motifs is 1. The van der Waals surface area contributed by atoms with E-state index in [0.29, 0.717) is 5.75 Å². The smallest absolute Gasteiger partial charge is 0.127 e. The highest BCUT2D eigenvalue weighted by Gasteiger charge is 2.34. The van der Waals surface area contributed by atoms with E-state index in [2.05, 4.69) is 41.5 Å². The molecule has 32 heavy (non-hydrogen) atoms. The van der Waals surface area contributed by atoms with E-state index in [1.54, 1.807) is 0 Å². The van der Waals surface area contributed by atoms with E-state index in [-0.39, 0.29) is 13.0 Å². The standard InChI is InChI=1S/C29H50O2.CH/c1-20(2)12-9-13-21(3)14-10-15-22(4)16-11-18-29(8)19-17-26-25(7)27(30)23(5)24(6)28(26)31-29;/h20-22,30H,9-19H2,1-8H3;1H/t21-,22-,29-;/m1./s1. The lowest BCUT2D eigenvalue weighted by Crippen LogP contribution is -2.37. The normalized spacial score (nSPS) is 19.8. The van der Waals surface area contributed by atoms with Gasteiger partial charge in [0.1, 0.15) is 17.1 Å². The Morgan fingerprint density at radius 3 is 1.91 bits per heavy atom. The fraction of sp³-hybridized carbons (Fsp3) is 0.767. The van der Waals surface area contributed by atoms with E-state index in [0.717, 1.165) is 59.5 Å². The van der Waals surface area contributed by atoms with E-state index >= 15 is 0 Å². The van der Waals surface area contributed by atoms with Crippen molar-refractivity contribution in [1.82, 2.24) is 0 Å². The number of ether oxygens (including phenoxy) is 1. The maximum atomic E-state index is 10.4. The van der Waals surface area contributed by atoms with Crippen LogP contribution in [0.5, 0.6) is 11.5 Å². The third-order valence-electron chi connectivity index (χ3n) is 7.87. The van der Waals surface area contributed by atoms with Gasteiger partial charge in [-0.3, -0.25) is 0 Å². The van der Waals surface area contributed by atoms with Gasteiger partial charge < -0.3 is 9.84 Å². The summed E-state index contributed by atoms with van der Waals surface area (Å²) in [5, 5.41) is 10.4. The van der Waals surface area contributed by atoms with E-state index in [1.165, 1.54) is 56.9 Å². The van der Waals surface area contributed by atoms with Crippen LogP contribution in [0.25, 0.3) is 0 Å². The summed E-state index contributed by atoms with van der Waals surface area (Å²) in [6, 6.07) is 0. The molecule has 183 valence electrons. The Hall–Kier alpha value is -1.18. The predicted octanol–water partition coefficient (Wildman–Crippen LogP) is 9.04. The quantitative estimate of drug-likeness (QED) is 0.349. The van der Waals surface area contributed by atoms with Gasteiger partial charge in [-0.05, 0) is 95.2 Å². The summed E-state index contributed by atoms with van der Waals surface area (Å²) in [4.78, 5) is 0. The molecule has 0 saturated carbocycles. The van der Waals surface area contributed by atoms with Crippen LogP contribution in [-0.2, 0) is 6.42 Å². The molecule has 0 saturated heterocycles. The first-order valence-corrected chi connectivity index (χ1v) is 13.0. The first-order chi connectivity index (χ1) is 14.5. The van der Waals surface area contributed by atoms with Crippen LogP contribution in [-0.4, -0.2) is 10.7 Å². The number of phenolic OH excluding ortho intramolecular Hbond substituents is 1. The molecule has 1 aliphatic heterocycles. The average Bonchev–Trinajstić information content (AvgIpc) is 2.70. The Balaban J connectivity index is 0.00000512. The first kappa shape index (κ1) is 28.9. The van der Waals surface area contributed by atoms with Crippen molar-refractivity contribution in [2.75, 3.05) is 0 Å². The second-order valence-electron chi connectivity index (χ2n) is 11.4. The van der Waals surface area contributed by atoms with Crippen LogP contribution in [0.15, 0.2) is 0 Å². The molecule has 1 aliphatic rings. The lowest BCUT2D eigenvalue weighted by atomic mass is 9.84. The molecule has 2 rings (SSSR count). The van der Waals surface area contributed by atoms with Crippen LogP contribution < -0.4 is 4.74 Å². The summed E-state index contributed by atoms with van der Waals surface area (Å²) in [6.45, 7) is 17.9. The van der Waals surface area contributed by atoms with Gasteiger partial charge in [-0.25, -0.2) is 0 Å². The fourth-order valence-corrected chi connectivity index (χ4v) is 5.27. The third kappa shape index (κ3) is 7.99. The Morgan fingerprint density at radius 2 is 1.34 bits per heavy atom. The molecule has 1 N–H and O–H groups in total. The summed E-state index contributed by atoms with van der Waals surface area (Å²) in [5.74, 6) is 4.04. The van der Waals surface area contributed by atoms with E-state index in [1.807, 2.05) is 13.8 Å². The van der Waals surface area contributed by atoms with Crippen molar-refractivity contribution >= 4 is 0 Å². The second-order valence-corrected chi connectivity index (χ2v) is 11.4. The van der Waals surface area contributed by atoms with Gasteiger partial charge in [-0.1, -0.05) is 72.6 Å². The van der Waals surface area contributed by atoms with E-state index < -0.39 is 0 Å². The molecular formula is C30H51O2. The Morgan fingerprint density at radius 1 is 0.812 bits per heavy atom. The third-order valence-corrected chi connectivity index (χ3v) is 7.87. The molecule has 0 aromatic heterocycles. The number of benzene rings is 1. The lowest BCUT2D eigenvalue weighted by Gasteiger charge is -2.38. The van der Waals surface area contributed by atoms with Crippen molar-refractivity contribution in [1.29, 1.82) is 0 Å². The van der Waals surface area contributed by atoms with Gasteiger partial charge in [-0.15, -0.1) is 0 Å². The minimum atomic E-state index is -0.0712. The van der Waals surface area contributed by atoms with Crippen LogP contribution >= 0.6 is 0 Å². The van der Waals surface area contributed by atoms with Gasteiger partial charge in [0.2, 0.25) is 0 Å². The molecule has 2 nitrogen and oxygen atoms in total. The van der Waals surface area contributed by atoms with Crippen LogP contribution in [0.4, 0.5) is 0 Å². The van der Waals surface area contributed by atoms with Crippen molar-refractivity contribution in [3.63, 3.8) is 0 Å². The Labute approximate surface area is 200 Å². The number of hydrogen-bond donors (Lipinski definition) is 1. The topological polar surface area (TPSA) is 29.5 Å². The second kappa shape index (κ2) is 12.9. The fourth-order valence-electron chi connectivity index (χ4n) is 5.27. The highest BCUT2D eigenvalue weighted by molar-refractivity contribution is 5.58. The molecule has 3 atom stereocenters. The van der Waals surface area contributed by atoms with Gasteiger partial charge in [0.15, 0.2) is 0 Å². The molecule has 3 radical (unpaired) electrons. The summed E-state index contributed by atoms with van der Waals surface area (Å²) in [5.41, 5.74) is 4.23. The van der Waals surface area contributed by atoms with Crippen LogP contribution in [0, 0.1) is 46.0 Å². The van der Waals surface area contributed by atoms with E-state index in [9.17, 15) is 5.11 Å². The maximum absolute atomic E-state index is 10.4. The molecule has 0 unspecified atom stereocenters. The van der Waals surface area contributed by atoms with Crippen molar-refractivity contribution in [3.05, 3.63) is 29.7 Å². The first-order valence-electron chi connectivity index (χ1n) is 13.0. The Kier molecular flexibility index (Phi) is 11.6.